The second kappa shape index (κ2) is 3.78. The Balaban J connectivity index is 2.46. The molecule has 12 heavy (non-hydrogen) atoms. The first-order valence-corrected chi connectivity index (χ1v) is 4.64. The molecule has 0 spiro atoms. The second-order valence-electron chi connectivity index (χ2n) is 3.38. The van der Waals surface area contributed by atoms with E-state index in [1.807, 2.05) is 18.7 Å². The summed E-state index contributed by atoms with van der Waals surface area (Å²) in [7, 11) is 0. The van der Waals surface area contributed by atoms with Gasteiger partial charge in [0.15, 0.2) is 0 Å². The Bertz CT molecular complexity index is 170. The molecular formula is C9H17NO2. The van der Waals surface area contributed by atoms with Gasteiger partial charge in [-0.2, -0.15) is 0 Å². The third-order valence-corrected chi connectivity index (χ3v) is 2.44. The quantitative estimate of drug-likeness (QED) is 0.650. The molecule has 1 aliphatic rings. The smallest absolute Gasteiger partial charge is 0.410 e. The number of ether oxygens (including phenoxy) is 1. The molecule has 1 heterocycles. The molecule has 3 heteroatoms. The summed E-state index contributed by atoms with van der Waals surface area (Å²) in [6, 6.07) is 0.240. The molecule has 1 saturated heterocycles. The highest BCUT2D eigenvalue weighted by Crippen LogP contribution is 2.18. The van der Waals surface area contributed by atoms with Gasteiger partial charge in [-0.15, -0.1) is 0 Å². The van der Waals surface area contributed by atoms with Gasteiger partial charge in [0.2, 0.25) is 0 Å². The number of carbonyl (C=O) groups is 1. The summed E-state index contributed by atoms with van der Waals surface area (Å²) in [5.41, 5.74) is 0. The lowest BCUT2D eigenvalue weighted by Gasteiger charge is -2.18. The normalized spacial score (nSPS) is 29.2. The number of nitrogens with zero attached hydrogens (tertiary/aromatic N) is 1. The highest BCUT2D eigenvalue weighted by atomic mass is 16.6. The topological polar surface area (TPSA) is 29.5 Å². The molecule has 2 atom stereocenters. The van der Waals surface area contributed by atoms with Gasteiger partial charge in [0.1, 0.15) is 6.10 Å². The monoisotopic (exact) mass is 171 g/mol. The van der Waals surface area contributed by atoms with Crippen LogP contribution in [0.2, 0.25) is 0 Å². The Morgan fingerprint density at radius 3 is 2.58 bits per heavy atom. The number of hydrogen-bond donors (Lipinski definition) is 0. The predicted octanol–water partition coefficient (Wildman–Crippen LogP) is 2.02. The lowest BCUT2D eigenvalue weighted by Crippen LogP contribution is -2.33. The van der Waals surface area contributed by atoms with Gasteiger partial charge in [0.25, 0.3) is 0 Å². The van der Waals surface area contributed by atoms with Crippen LogP contribution in [0, 0.1) is 0 Å². The van der Waals surface area contributed by atoms with Crippen molar-refractivity contribution in [3.63, 3.8) is 0 Å². The zero-order chi connectivity index (χ0) is 9.14. The fourth-order valence-corrected chi connectivity index (χ4v) is 1.37. The van der Waals surface area contributed by atoms with E-state index in [9.17, 15) is 4.79 Å². The van der Waals surface area contributed by atoms with E-state index < -0.39 is 0 Å². The van der Waals surface area contributed by atoms with Gasteiger partial charge in [-0.1, -0.05) is 13.3 Å². The van der Waals surface area contributed by atoms with Crippen LogP contribution in [0.3, 0.4) is 0 Å². The standard InChI is InChI=1S/C9H17NO2/c1-4-5-6-10-7(2)8(3)12-9(10)11/h7-8H,4-6H2,1-3H3/t7-,8-/m0/s1. The van der Waals surface area contributed by atoms with E-state index in [1.165, 1.54) is 0 Å². The predicted molar refractivity (Wildman–Crippen MR) is 47.0 cm³/mol. The number of rotatable bonds is 3. The third kappa shape index (κ3) is 1.71. The van der Waals surface area contributed by atoms with E-state index in [1.54, 1.807) is 0 Å². The maximum absolute atomic E-state index is 11.2. The van der Waals surface area contributed by atoms with Crippen LogP contribution in [-0.4, -0.2) is 29.7 Å². The number of unbranched alkanes of at least 4 members (excludes halogenated alkanes) is 1. The van der Waals surface area contributed by atoms with Crippen LogP contribution < -0.4 is 0 Å². The molecular weight excluding hydrogens is 154 g/mol. The SMILES string of the molecule is CCCCN1C(=O)O[C@@H](C)[C@@H]1C. The Hall–Kier alpha value is -0.730. The summed E-state index contributed by atoms with van der Waals surface area (Å²) in [6.45, 7) is 6.93. The Morgan fingerprint density at radius 1 is 1.50 bits per heavy atom. The fraction of sp³-hybridized carbons (Fsp3) is 0.889. The summed E-state index contributed by atoms with van der Waals surface area (Å²) in [4.78, 5) is 13.0. The number of carbonyl (C=O) groups excluding carboxylic acids is 1. The zero-order valence-corrected chi connectivity index (χ0v) is 8.04. The van der Waals surface area contributed by atoms with Crippen LogP contribution in [0.25, 0.3) is 0 Å². The molecule has 1 fully saturated rings. The summed E-state index contributed by atoms with van der Waals surface area (Å²) < 4.78 is 5.07. The minimum absolute atomic E-state index is 0.0503. The first-order valence-electron chi connectivity index (χ1n) is 4.64. The van der Waals surface area contributed by atoms with Crippen molar-refractivity contribution >= 4 is 6.09 Å². The molecule has 0 aromatic carbocycles. The maximum Gasteiger partial charge on any atom is 0.410 e. The van der Waals surface area contributed by atoms with E-state index in [2.05, 4.69) is 6.92 Å². The first-order chi connectivity index (χ1) is 5.66. The van der Waals surface area contributed by atoms with Gasteiger partial charge in [-0.3, -0.25) is 0 Å². The van der Waals surface area contributed by atoms with Crippen LogP contribution >= 0.6 is 0 Å². The van der Waals surface area contributed by atoms with Gasteiger partial charge in [0.05, 0.1) is 6.04 Å². The maximum atomic E-state index is 11.2. The molecule has 0 radical (unpaired) electrons. The highest BCUT2D eigenvalue weighted by molar-refractivity contribution is 5.70. The molecule has 70 valence electrons. The van der Waals surface area contributed by atoms with Crippen molar-refractivity contribution in [2.24, 2.45) is 0 Å². The van der Waals surface area contributed by atoms with Gasteiger partial charge < -0.3 is 9.64 Å². The molecule has 3 nitrogen and oxygen atoms in total. The van der Waals surface area contributed by atoms with Crippen molar-refractivity contribution in [2.45, 2.75) is 45.8 Å². The van der Waals surface area contributed by atoms with Crippen molar-refractivity contribution in [3.05, 3.63) is 0 Å². The van der Waals surface area contributed by atoms with Crippen molar-refractivity contribution in [1.82, 2.24) is 4.90 Å². The van der Waals surface area contributed by atoms with Crippen LogP contribution in [0.5, 0.6) is 0 Å². The Kier molecular flexibility index (Phi) is 2.95. The minimum Gasteiger partial charge on any atom is -0.444 e. The molecule has 0 N–H and O–H groups in total. The van der Waals surface area contributed by atoms with Crippen molar-refractivity contribution < 1.29 is 9.53 Å². The van der Waals surface area contributed by atoms with Gasteiger partial charge in [0, 0.05) is 6.54 Å². The minimum atomic E-state index is -0.150. The molecule has 0 saturated carbocycles. The Labute approximate surface area is 73.7 Å². The van der Waals surface area contributed by atoms with E-state index in [4.69, 9.17) is 4.74 Å². The van der Waals surface area contributed by atoms with Crippen molar-refractivity contribution in [2.75, 3.05) is 6.54 Å². The van der Waals surface area contributed by atoms with Gasteiger partial charge in [-0.05, 0) is 20.3 Å². The van der Waals surface area contributed by atoms with Crippen LogP contribution in [0.4, 0.5) is 4.79 Å². The zero-order valence-electron chi connectivity index (χ0n) is 8.04. The molecule has 1 aliphatic heterocycles. The number of hydrogen-bond acceptors (Lipinski definition) is 2. The first kappa shape index (κ1) is 9.36. The van der Waals surface area contributed by atoms with Gasteiger partial charge in [-0.25, -0.2) is 4.79 Å². The molecule has 1 rings (SSSR count). The number of cyclic esters (lactones) is 1. The summed E-state index contributed by atoms with van der Waals surface area (Å²) in [5.74, 6) is 0. The average molecular weight is 171 g/mol. The molecule has 0 aromatic rings. The van der Waals surface area contributed by atoms with E-state index in [-0.39, 0.29) is 18.2 Å². The third-order valence-electron chi connectivity index (χ3n) is 2.44. The average Bonchev–Trinajstić information content (AvgIpc) is 2.25. The summed E-state index contributed by atoms with van der Waals surface area (Å²) in [5, 5.41) is 0. The second-order valence-corrected chi connectivity index (χ2v) is 3.38. The molecule has 0 bridgehead atoms. The lowest BCUT2D eigenvalue weighted by molar-refractivity contribution is 0.137. The lowest BCUT2D eigenvalue weighted by atomic mass is 10.2. The van der Waals surface area contributed by atoms with Crippen molar-refractivity contribution in [3.8, 4) is 0 Å². The molecule has 0 aliphatic carbocycles. The molecule has 0 aromatic heterocycles. The molecule has 0 unspecified atom stereocenters. The van der Waals surface area contributed by atoms with Crippen LogP contribution in [-0.2, 0) is 4.74 Å². The summed E-state index contributed by atoms with van der Waals surface area (Å²) in [6.07, 6.45) is 2.08. The van der Waals surface area contributed by atoms with E-state index >= 15 is 0 Å². The summed E-state index contributed by atoms with van der Waals surface area (Å²) >= 11 is 0. The van der Waals surface area contributed by atoms with Gasteiger partial charge >= 0.3 is 6.09 Å². The number of amides is 1. The van der Waals surface area contributed by atoms with Crippen molar-refractivity contribution in [1.29, 1.82) is 0 Å². The fourth-order valence-electron chi connectivity index (χ4n) is 1.37. The van der Waals surface area contributed by atoms with Crippen LogP contribution in [0.1, 0.15) is 33.6 Å². The highest BCUT2D eigenvalue weighted by Gasteiger charge is 2.34. The van der Waals surface area contributed by atoms with E-state index in [0.29, 0.717) is 0 Å². The molecule has 1 amide bonds. The Morgan fingerprint density at radius 2 is 2.17 bits per heavy atom. The van der Waals surface area contributed by atoms with Crippen LogP contribution in [0.15, 0.2) is 0 Å². The van der Waals surface area contributed by atoms with E-state index in [0.717, 1.165) is 19.4 Å². The largest absolute Gasteiger partial charge is 0.444 e.